The summed E-state index contributed by atoms with van der Waals surface area (Å²) >= 11 is 0. The minimum atomic E-state index is -0.850. The second-order valence-corrected chi connectivity index (χ2v) is 14.7. The number of nitrogens with one attached hydrogen (secondary N) is 1. The SMILES string of the molecule is CCC1CCc2cc(O)cc(-c3c4c(c5c(N6C[C@H]7CC[C@@H](C6)N7)nc(OC[C@@]67CCCN6C[C@H](F)C7)nc5c3F)CCC4)c21. The smallest absolute Gasteiger partial charge is 0.319 e. The van der Waals surface area contributed by atoms with Crippen molar-refractivity contribution in [3.05, 3.63) is 40.2 Å². The van der Waals surface area contributed by atoms with E-state index in [1.165, 1.54) is 5.56 Å². The molecule has 5 atom stereocenters. The lowest BCUT2D eigenvalue weighted by Gasteiger charge is -2.35. The minimum absolute atomic E-state index is 0.183. The van der Waals surface area contributed by atoms with Gasteiger partial charge in [0.2, 0.25) is 0 Å². The van der Waals surface area contributed by atoms with Gasteiger partial charge in [0.25, 0.3) is 0 Å². The minimum Gasteiger partial charge on any atom is -0.508 e. The van der Waals surface area contributed by atoms with Gasteiger partial charge in [-0.1, -0.05) is 6.92 Å². The first kappa shape index (κ1) is 28.2. The Morgan fingerprint density at radius 2 is 1.87 bits per heavy atom. The monoisotopic (exact) mass is 615 g/mol. The number of hydrogen-bond donors (Lipinski definition) is 2. The number of phenols is 1. The van der Waals surface area contributed by atoms with Gasteiger partial charge in [0, 0.05) is 49.1 Å². The van der Waals surface area contributed by atoms with Crippen LogP contribution in [0.4, 0.5) is 14.6 Å². The standard InChI is InChI=1S/C36H43F2N5O2/c1-2-20-7-8-21-13-25(44)14-28(29(20)21)30-26-5-3-6-27(26)31-33(32(30)38)40-35(41-34(31)42-17-23-9-10-24(18-42)39-23)45-19-36-11-4-12-43(36)16-22(37)15-36/h13-14,20,22-24,39,44H,2-12,15-19H2,1H3/t20?,22-,23-,24+,36+/m1/s1. The summed E-state index contributed by atoms with van der Waals surface area (Å²) in [4.78, 5) is 14.5. The summed E-state index contributed by atoms with van der Waals surface area (Å²) in [5, 5.41) is 15.4. The molecule has 5 heterocycles. The third-order valence-electron chi connectivity index (χ3n) is 12.0. The molecule has 6 aliphatic rings. The highest BCUT2D eigenvalue weighted by molar-refractivity contribution is 5.99. The first-order valence-corrected chi connectivity index (χ1v) is 17.3. The molecule has 7 nitrogen and oxygen atoms in total. The fourth-order valence-electron chi connectivity index (χ4n) is 10.1. The second-order valence-electron chi connectivity index (χ2n) is 14.7. The predicted molar refractivity (Wildman–Crippen MR) is 171 cm³/mol. The maximum Gasteiger partial charge on any atom is 0.319 e. The number of rotatable bonds is 6. The number of phenolic OH excluding ortho intramolecular Hbond substituents is 1. The van der Waals surface area contributed by atoms with Gasteiger partial charge in [-0.15, -0.1) is 0 Å². The number of aromatic hydroxyl groups is 1. The maximum atomic E-state index is 17.4. The summed E-state index contributed by atoms with van der Waals surface area (Å²) in [6.45, 7) is 5.48. The largest absolute Gasteiger partial charge is 0.508 e. The highest BCUT2D eigenvalue weighted by atomic mass is 19.1. The van der Waals surface area contributed by atoms with E-state index in [-0.39, 0.29) is 23.1 Å². The van der Waals surface area contributed by atoms with Crippen molar-refractivity contribution in [2.45, 2.75) is 107 Å². The number of aromatic nitrogens is 2. The van der Waals surface area contributed by atoms with Crippen molar-refractivity contribution in [3.63, 3.8) is 0 Å². The first-order chi connectivity index (χ1) is 21.9. The van der Waals surface area contributed by atoms with E-state index in [0.29, 0.717) is 48.7 Å². The fourth-order valence-corrected chi connectivity index (χ4v) is 10.1. The number of piperazine rings is 1. The van der Waals surface area contributed by atoms with Gasteiger partial charge >= 0.3 is 6.01 Å². The second kappa shape index (κ2) is 10.5. The van der Waals surface area contributed by atoms with Gasteiger partial charge in [-0.05, 0) is 117 Å². The van der Waals surface area contributed by atoms with E-state index in [0.717, 1.165) is 117 Å². The molecule has 2 aliphatic carbocycles. The number of alkyl halides is 1. The van der Waals surface area contributed by atoms with E-state index in [4.69, 9.17) is 14.7 Å². The van der Waals surface area contributed by atoms with E-state index in [9.17, 15) is 9.50 Å². The molecule has 1 unspecified atom stereocenters. The molecule has 9 heteroatoms. The zero-order valence-electron chi connectivity index (χ0n) is 26.2. The number of ether oxygens (including phenoxy) is 1. The Balaban J connectivity index is 1.23. The molecule has 2 N–H and O–H groups in total. The van der Waals surface area contributed by atoms with Crippen LogP contribution in [0.15, 0.2) is 12.1 Å². The topological polar surface area (TPSA) is 73.8 Å². The van der Waals surface area contributed by atoms with E-state index >= 15 is 4.39 Å². The van der Waals surface area contributed by atoms with Gasteiger partial charge in [-0.2, -0.15) is 9.97 Å². The molecule has 0 amide bonds. The van der Waals surface area contributed by atoms with Crippen LogP contribution in [0, 0.1) is 5.82 Å². The molecule has 9 rings (SSSR count). The number of halogens is 2. The van der Waals surface area contributed by atoms with Crippen molar-refractivity contribution in [1.82, 2.24) is 20.2 Å². The van der Waals surface area contributed by atoms with Crippen molar-refractivity contribution in [1.29, 1.82) is 0 Å². The molecule has 0 spiro atoms. The summed E-state index contributed by atoms with van der Waals surface area (Å²) in [6.07, 6.45) is 9.30. The third kappa shape index (κ3) is 4.39. The number of anilines is 1. The van der Waals surface area contributed by atoms with Crippen LogP contribution in [-0.4, -0.2) is 76.6 Å². The Kier molecular flexibility index (Phi) is 6.57. The molecule has 2 bridgehead atoms. The Morgan fingerprint density at radius 1 is 1.04 bits per heavy atom. The van der Waals surface area contributed by atoms with Gasteiger partial charge in [0.15, 0.2) is 5.82 Å². The molecule has 0 saturated carbocycles. The molecule has 4 fully saturated rings. The van der Waals surface area contributed by atoms with Crippen LogP contribution in [0.2, 0.25) is 0 Å². The van der Waals surface area contributed by atoms with Gasteiger partial charge in [0.05, 0.1) is 5.54 Å². The molecule has 45 heavy (non-hydrogen) atoms. The normalized spacial score (nSPS) is 30.3. The first-order valence-electron chi connectivity index (χ1n) is 17.3. The van der Waals surface area contributed by atoms with Crippen LogP contribution in [0.25, 0.3) is 22.0 Å². The number of hydrogen-bond acceptors (Lipinski definition) is 7. The van der Waals surface area contributed by atoms with Crippen LogP contribution < -0.4 is 15.0 Å². The van der Waals surface area contributed by atoms with Crippen molar-refractivity contribution >= 4 is 16.7 Å². The van der Waals surface area contributed by atoms with Crippen LogP contribution >= 0.6 is 0 Å². The van der Waals surface area contributed by atoms with Gasteiger partial charge in [-0.3, -0.25) is 4.90 Å². The Labute approximate surface area is 263 Å². The zero-order valence-corrected chi connectivity index (χ0v) is 26.2. The number of aryl methyl sites for hydroxylation is 2. The summed E-state index contributed by atoms with van der Waals surface area (Å²) in [5.74, 6) is 0.981. The van der Waals surface area contributed by atoms with Crippen molar-refractivity contribution in [2.75, 3.05) is 37.7 Å². The summed E-state index contributed by atoms with van der Waals surface area (Å²) < 4.78 is 38.4. The molecule has 3 aromatic rings. The van der Waals surface area contributed by atoms with Crippen molar-refractivity contribution in [2.24, 2.45) is 0 Å². The lowest BCUT2D eigenvalue weighted by molar-refractivity contribution is 0.107. The number of fused-ring (bicyclic) bond motifs is 7. The van der Waals surface area contributed by atoms with Crippen LogP contribution in [0.5, 0.6) is 11.8 Å². The van der Waals surface area contributed by atoms with E-state index in [1.807, 2.05) is 6.07 Å². The maximum absolute atomic E-state index is 17.4. The lowest BCUT2D eigenvalue weighted by atomic mass is 9.85. The Hall–Kier alpha value is -3.04. The third-order valence-corrected chi connectivity index (χ3v) is 12.0. The van der Waals surface area contributed by atoms with E-state index < -0.39 is 6.17 Å². The quantitative estimate of drug-likeness (QED) is 0.354. The van der Waals surface area contributed by atoms with Crippen molar-refractivity contribution < 1.29 is 18.6 Å². The fraction of sp³-hybridized carbons (Fsp3) is 0.611. The summed E-state index contributed by atoms with van der Waals surface area (Å²) in [5.41, 5.74) is 5.93. The summed E-state index contributed by atoms with van der Waals surface area (Å²) in [6, 6.07) is 4.62. The number of benzene rings is 2. The van der Waals surface area contributed by atoms with Gasteiger partial charge in [-0.25, -0.2) is 8.78 Å². The lowest BCUT2D eigenvalue weighted by Crippen LogP contribution is -2.51. The molecule has 1 aromatic heterocycles. The van der Waals surface area contributed by atoms with Crippen LogP contribution in [0.3, 0.4) is 0 Å². The van der Waals surface area contributed by atoms with E-state index in [2.05, 4.69) is 22.0 Å². The molecular weight excluding hydrogens is 572 g/mol. The Bertz CT molecular complexity index is 1690. The average Bonchev–Trinajstić information content (AvgIpc) is 3.85. The molecule has 4 aliphatic heterocycles. The highest BCUT2D eigenvalue weighted by Crippen LogP contribution is 2.50. The van der Waals surface area contributed by atoms with Crippen molar-refractivity contribution in [3.8, 4) is 22.9 Å². The molecular formula is C36H43F2N5O2. The molecule has 2 aromatic carbocycles. The molecule has 238 valence electrons. The predicted octanol–water partition coefficient (Wildman–Crippen LogP) is 5.97. The summed E-state index contributed by atoms with van der Waals surface area (Å²) in [7, 11) is 0. The molecule has 0 radical (unpaired) electrons. The zero-order chi connectivity index (χ0) is 30.4. The van der Waals surface area contributed by atoms with Gasteiger partial charge in [0.1, 0.15) is 29.9 Å². The average molecular weight is 616 g/mol. The Morgan fingerprint density at radius 3 is 2.69 bits per heavy atom. The van der Waals surface area contributed by atoms with Gasteiger partial charge < -0.3 is 20.1 Å². The highest BCUT2D eigenvalue weighted by Gasteiger charge is 2.49. The van der Waals surface area contributed by atoms with Crippen LogP contribution in [0.1, 0.15) is 86.5 Å². The molecule has 4 saturated heterocycles. The van der Waals surface area contributed by atoms with E-state index in [1.54, 1.807) is 6.07 Å². The van der Waals surface area contributed by atoms with Crippen LogP contribution in [-0.2, 0) is 19.3 Å². The number of nitrogens with zero attached hydrogens (tertiary/aromatic N) is 4.